The molecule has 2 aromatic carbocycles. The summed E-state index contributed by atoms with van der Waals surface area (Å²) in [6, 6.07) is 12.9. The lowest BCUT2D eigenvalue weighted by atomic mass is 10.0. The summed E-state index contributed by atoms with van der Waals surface area (Å²) in [6.07, 6.45) is -2.51. The Balaban J connectivity index is 0.00000392. The highest BCUT2D eigenvalue weighted by molar-refractivity contribution is 5.85. The van der Waals surface area contributed by atoms with Gasteiger partial charge < -0.3 is 15.8 Å². The van der Waals surface area contributed by atoms with Crippen LogP contribution in [-0.2, 0) is 11.2 Å². The predicted molar refractivity (Wildman–Crippen MR) is 105 cm³/mol. The normalized spacial score (nSPS) is 12.0. The Morgan fingerprint density at radius 2 is 1.61 bits per heavy atom. The number of carbonyl (C=O) groups is 1. The molecule has 0 aromatic heterocycles. The van der Waals surface area contributed by atoms with Crippen LogP contribution in [0.2, 0.25) is 0 Å². The Morgan fingerprint density at radius 3 is 2.11 bits per heavy atom. The van der Waals surface area contributed by atoms with E-state index < -0.39 is 12.4 Å². The number of nitrogens with one attached hydrogen (secondary N) is 1. The first-order chi connectivity index (χ1) is 12.8. The number of carbonyl (C=O) groups excluding carboxylic acids is 1. The average Bonchev–Trinajstić information content (AvgIpc) is 2.62. The Morgan fingerprint density at radius 1 is 1.07 bits per heavy atom. The summed E-state index contributed by atoms with van der Waals surface area (Å²) >= 11 is 0. The first kappa shape index (κ1) is 23.8. The van der Waals surface area contributed by atoms with Gasteiger partial charge in [0.2, 0.25) is 5.91 Å². The van der Waals surface area contributed by atoms with Crippen molar-refractivity contribution in [2.75, 3.05) is 6.54 Å². The topological polar surface area (TPSA) is 64.4 Å². The molecule has 0 saturated carbocycles. The summed E-state index contributed by atoms with van der Waals surface area (Å²) < 4.78 is 40.4. The van der Waals surface area contributed by atoms with E-state index in [-0.39, 0.29) is 24.1 Å². The Bertz CT molecular complexity index is 735. The smallest absolute Gasteiger partial charge is 0.406 e. The molecule has 1 unspecified atom stereocenters. The summed E-state index contributed by atoms with van der Waals surface area (Å²) in [5.74, 6) is -0.394. The van der Waals surface area contributed by atoms with Crippen LogP contribution in [0.15, 0.2) is 48.5 Å². The van der Waals surface area contributed by atoms with Crippen molar-refractivity contribution in [1.82, 2.24) is 5.32 Å². The number of rotatable bonds is 8. The van der Waals surface area contributed by atoms with Crippen LogP contribution in [0.4, 0.5) is 13.2 Å². The molecule has 1 atom stereocenters. The van der Waals surface area contributed by atoms with Crippen LogP contribution in [-0.4, -0.2) is 24.9 Å². The summed E-state index contributed by atoms with van der Waals surface area (Å²) in [5, 5.41) is 2.82. The Hall–Kier alpha value is -2.25. The fourth-order valence-corrected chi connectivity index (χ4v) is 2.62. The molecule has 28 heavy (non-hydrogen) atoms. The molecule has 0 radical (unpaired) electrons. The fraction of sp³-hybridized carbons (Fsp3) is 0.350. The predicted octanol–water partition coefficient (Wildman–Crippen LogP) is 4.46. The minimum Gasteiger partial charge on any atom is -0.406 e. The van der Waals surface area contributed by atoms with Gasteiger partial charge in [-0.2, -0.15) is 0 Å². The molecule has 1 amide bonds. The van der Waals surface area contributed by atoms with Crippen molar-refractivity contribution in [3.05, 3.63) is 54.1 Å². The molecule has 8 heteroatoms. The third kappa shape index (κ3) is 7.78. The molecule has 2 rings (SSSR count). The molecule has 154 valence electrons. The second-order valence-electron chi connectivity index (χ2n) is 6.21. The maximum absolute atomic E-state index is 12.2. The Labute approximate surface area is 168 Å². The van der Waals surface area contributed by atoms with Gasteiger partial charge in [-0.25, -0.2) is 0 Å². The van der Waals surface area contributed by atoms with Gasteiger partial charge in [0, 0.05) is 6.54 Å². The van der Waals surface area contributed by atoms with Gasteiger partial charge in [-0.05, 0) is 41.7 Å². The van der Waals surface area contributed by atoms with Gasteiger partial charge in [0.25, 0.3) is 0 Å². The molecule has 0 aliphatic rings. The van der Waals surface area contributed by atoms with Crippen LogP contribution in [0.3, 0.4) is 0 Å². The van der Waals surface area contributed by atoms with Crippen molar-refractivity contribution in [3.8, 4) is 16.9 Å². The number of benzene rings is 2. The lowest BCUT2D eigenvalue weighted by Gasteiger charge is -2.11. The molecule has 0 aliphatic heterocycles. The van der Waals surface area contributed by atoms with Crippen molar-refractivity contribution in [1.29, 1.82) is 0 Å². The molecule has 0 fully saturated rings. The van der Waals surface area contributed by atoms with Gasteiger partial charge in [-0.15, -0.1) is 25.6 Å². The molecule has 0 bridgehead atoms. The summed E-state index contributed by atoms with van der Waals surface area (Å²) in [7, 11) is 0. The quantitative estimate of drug-likeness (QED) is 0.667. The average molecular weight is 417 g/mol. The van der Waals surface area contributed by atoms with Crippen LogP contribution >= 0.6 is 12.4 Å². The van der Waals surface area contributed by atoms with Crippen molar-refractivity contribution in [2.45, 2.75) is 38.6 Å². The van der Waals surface area contributed by atoms with E-state index >= 15 is 0 Å². The van der Waals surface area contributed by atoms with E-state index in [9.17, 15) is 18.0 Å². The van der Waals surface area contributed by atoms with E-state index in [1.165, 1.54) is 12.1 Å². The van der Waals surface area contributed by atoms with Gasteiger partial charge >= 0.3 is 6.36 Å². The molecule has 0 spiro atoms. The van der Waals surface area contributed by atoms with Crippen molar-refractivity contribution < 1.29 is 22.7 Å². The SMILES string of the molecule is CCCC(N)C(=O)NCCc1ccc(-c2ccc(OC(F)(F)F)cc2)cc1.Cl. The third-order valence-corrected chi connectivity index (χ3v) is 4.02. The molecule has 0 saturated heterocycles. The number of hydrogen-bond donors (Lipinski definition) is 2. The molecule has 0 aliphatic carbocycles. The van der Waals surface area contributed by atoms with Crippen LogP contribution in [0.25, 0.3) is 11.1 Å². The van der Waals surface area contributed by atoms with Crippen molar-refractivity contribution in [2.24, 2.45) is 5.73 Å². The van der Waals surface area contributed by atoms with E-state index in [1.807, 2.05) is 31.2 Å². The lowest BCUT2D eigenvalue weighted by Crippen LogP contribution is -2.41. The standard InChI is InChI=1S/C20H23F3N2O2.ClH/c1-2-3-18(24)19(26)25-13-12-14-4-6-15(7-5-14)16-8-10-17(11-9-16)27-20(21,22)23;/h4-11,18H,2-3,12-13,24H2,1H3,(H,25,26);1H. The monoisotopic (exact) mass is 416 g/mol. The number of nitrogens with two attached hydrogens (primary N) is 1. The van der Waals surface area contributed by atoms with E-state index in [2.05, 4.69) is 10.1 Å². The summed E-state index contributed by atoms with van der Waals surface area (Å²) in [5.41, 5.74) is 8.46. The van der Waals surface area contributed by atoms with Gasteiger partial charge in [-0.1, -0.05) is 49.7 Å². The highest BCUT2D eigenvalue weighted by atomic mass is 35.5. The van der Waals surface area contributed by atoms with Crippen LogP contribution in [0, 0.1) is 0 Å². The molecule has 2 aromatic rings. The highest BCUT2D eigenvalue weighted by Gasteiger charge is 2.30. The molecule has 3 N–H and O–H groups in total. The molecular weight excluding hydrogens is 393 g/mol. The fourth-order valence-electron chi connectivity index (χ4n) is 2.62. The van der Waals surface area contributed by atoms with Crippen molar-refractivity contribution >= 4 is 18.3 Å². The Kier molecular flexibility index (Phi) is 9.28. The van der Waals surface area contributed by atoms with E-state index in [0.29, 0.717) is 19.4 Å². The maximum atomic E-state index is 12.2. The molecule has 4 nitrogen and oxygen atoms in total. The van der Waals surface area contributed by atoms with E-state index in [0.717, 1.165) is 23.1 Å². The second kappa shape index (κ2) is 10.9. The van der Waals surface area contributed by atoms with Crippen LogP contribution in [0.5, 0.6) is 5.75 Å². The molecular formula is C20H24ClF3N2O2. The molecule has 0 heterocycles. The van der Waals surface area contributed by atoms with Gasteiger partial charge in [-0.3, -0.25) is 4.79 Å². The maximum Gasteiger partial charge on any atom is 0.573 e. The largest absolute Gasteiger partial charge is 0.573 e. The zero-order chi connectivity index (χ0) is 19.9. The zero-order valence-corrected chi connectivity index (χ0v) is 16.3. The third-order valence-electron chi connectivity index (χ3n) is 4.02. The summed E-state index contributed by atoms with van der Waals surface area (Å²) in [6.45, 7) is 2.48. The van der Waals surface area contributed by atoms with Gasteiger partial charge in [0.1, 0.15) is 5.75 Å². The first-order valence-corrected chi connectivity index (χ1v) is 8.77. The highest BCUT2D eigenvalue weighted by Crippen LogP contribution is 2.26. The van der Waals surface area contributed by atoms with Crippen molar-refractivity contribution in [3.63, 3.8) is 0 Å². The van der Waals surface area contributed by atoms with E-state index in [4.69, 9.17) is 5.73 Å². The number of halogens is 4. The minimum atomic E-state index is -4.70. The van der Waals surface area contributed by atoms with Crippen LogP contribution in [0.1, 0.15) is 25.3 Å². The number of ether oxygens (including phenoxy) is 1. The number of hydrogen-bond acceptors (Lipinski definition) is 3. The van der Waals surface area contributed by atoms with Crippen LogP contribution < -0.4 is 15.8 Å². The zero-order valence-electron chi connectivity index (χ0n) is 15.5. The number of alkyl halides is 3. The minimum absolute atomic E-state index is 0. The second-order valence-corrected chi connectivity index (χ2v) is 6.21. The van der Waals surface area contributed by atoms with E-state index in [1.54, 1.807) is 12.1 Å². The first-order valence-electron chi connectivity index (χ1n) is 8.77. The number of amides is 1. The summed E-state index contributed by atoms with van der Waals surface area (Å²) in [4.78, 5) is 11.8. The van der Waals surface area contributed by atoms with Gasteiger partial charge in [0.05, 0.1) is 6.04 Å². The lowest BCUT2D eigenvalue weighted by molar-refractivity contribution is -0.274. The van der Waals surface area contributed by atoms with Gasteiger partial charge in [0.15, 0.2) is 0 Å².